The lowest BCUT2D eigenvalue weighted by molar-refractivity contribution is -0.137. The van der Waals surface area contributed by atoms with Gasteiger partial charge >= 0.3 is 6.18 Å². The van der Waals surface area contributed by atoms with Crippen LogP contribution in [0.5, 0.6) is 0 Å². The van der Waals surface area contributed by atoms with Gasteiger partial charge in [-0.2, -0.15) is 13.2 Å². The van der Waals surface area contributed by atoms with Crippen molar-refractivity contribution in [3.8, 4) is 0 Å². The van der Waals surface area contributed by atoms with Crippen molar-refractivity contribution in [3.05, 3.63) is 71.3 Å². The molecule has 0 aliphatic heterocycles. The molecule has 1 atom stereocenters. The molecule has 0 saturated carbocycles. The number of hydrogen-bond donors (Lipinski definition) is 1. The first kappa shape index (κ1) is 18.0. The fraction of sp³-hybridized carbons (Fsp3) is 0.278. The highest BCUT2D eigenvalue weighted by Crippen LogP contribution is 2.29. The number of carbonyl (C=O) groups is 1. The number of nitrogens with zero attached hydrogens (tertiary/aromatic N) is 1. The first-order valence-corrected chi connectivity index (χ1v) is 7.46. The first-order chi connectivity index (χ1) is 11.3. The number of benzene rings is 2. The minimum Gasteiger partial charge on any atom is -0.350 e. The Morgan fingerprint density at radius 1 is 1.04 bits per heavy atom. The SMILES string of the molecule is CN(C)[C@H](CNC(=O)c1ccc(C(F)(F)F)cc1)c1ccccc1. The zero-order chi connectivity index (χ0) is 17.7. The third kappa shape index (κ3) is 4.58. The molecule has 0 heterocycles. The van der Waals surface area contributed by atoms with E-state index < -0.39 is 17.6 Å². The molecule has 2 aromatic carbocycles. The van der Waals surface area contributed by atoms with Crippen molar-refractivity contribution < 1.29 is 18.0 Å². The number of rotatable bonds is 5. The Bertz CT molecular complexity index is 667. The van der Waals surface area contributed by atoms with Crippen LogP contribution in [-0.4, -0.2) is 31.4 Å². The Balaban J connectivity index is 2.03. The number of alkyl halides is 3. The van der Waals surface area contributed by atoms with Gasteiger partial charge in [0.05, 0.1) is 11.6 Å². The van der Waals surface area contributed by atoms with Crippen molar-refractivity contribution in [2.45, 2.75) is 12.2 Å². The first-order valence-electron chi connectivity index (χ1n) is 7.46. The molecule has 0 radical (unpaired) electrons. The Kier molecular flexibility index (Phi) is 5.62. The maximum Gasteiger partial charge on any atom is 0.416 e. The van der Waals surface area contributed by atoms with E-state index in [1.165, 1.54) is 12.1 Å². The smallest absolute Gasteiger partial charge is 0.350 e. The molecule has 0 bridgehead atoms. The zero-order valence-corrected chi connectivity index (χ0v) is 13.5. The number of amides is 1. The zero-order valence-electron chi connectivity index (χ0n) is 13.5. The van der Waals surface area contributed by atoms with Crippen molar-refractivity contribution in [1.82, 2.24) is 10.2 Å². The van der Waals surface area contributed by atoms with Gasteiger partial charge in [0.15, 0.2) is 0 Å². The van der Waals surface area contributed by atoms with Crippen LogP contribution < -0.4 is 5.32 Å². The number of likely N-dealkylation sites (N-methyl/N-ethyl adjacent to an activating group) is 1. The average molecular weight is 336 g/mol. The van der Waals surface area contributed by atoms with Crippen molar-refractivity contribution in [2.24, 2.45) is 0 Å². The van der Waals surface area contributed by atoms with Crippen LogP contribution in [0.25, 0.3) is 0 Å². The summed E-state index contributed by atoms with van der Waals surface area (Å²) in [6.45, 7) is 0.358. The molecular formula is C18H19F3N2O. The van der Waals surface area contributed by atoms with E-state index >= 15 is 0 Å². The fourth-order valence-corrected chi connectivity index (χ4v) is 2.38. The minimum absolute atomic E-state index is 0.0235. The van der Waals surface area contributed by atoms with Gasteiger partial charge in [-0.1, -0.05) is 30.3 Å². The van der Waals surface area contributed by atoms with Gasteiger partial charge in [-0.15, -0.1) is 0 Å². The lowest BCUT2D eigenvalue weighted by Crippen LogP contribution is -2.34. The molecule has 0 spiro atoms. The van der Waals surface area contributed by atoms with Crippen LogP contribution >= 0.6 is 0 Å². The largest absolute Gasteiger partial charge is 0.416 e. The third-order valence-electron chi connectivity index (χ3n) is 3.74. The molecule has 2 aromatic rings. The van der Waals surface area contributed by atoms with E-state index in [4.69, 9.17) is 0 Å². The quantitative estimate of drug-likeness (QED) is 0.902. The lowest BCUT2D eigenvalue weighted by atomic mass is 10.1. The maximum atomic E-state index is 12.5. The normalized spacial score (nSPS) is 12.9. The summed E-state index contributed by atoms with van der Waals surface area (Å²) in [7, 11) is 3.81. The van der Waals surface area contributed by atoms with Gasteiger partial charge in [-0.05, 0) is 43.9 Å². The summed E-state index contributed by atoms with van der Waals surface area (Å²) < 4.78 is 37.6. The number of halogens is 3. The summed E-state index contributed by atoms with van der Waals surface area (Å²) >= 11 is 0. The van der Waals surface area contributed by atoms with Crippen molar-refractivity contribution >= 4 is 5.91 Å². The monoisotopic (exact) mass is 336 g/mol. The van der Waals surface area contributed by atoms with Crippen molar-refractivity contribution in [1.29, 1.82) is 0 Å². The van der Waals surface area contributed by atoms with Crippen LogP contribution in [0.4, 0.5) is 13.2 Å². The van der Waals surface area contributed by atoms with E-state index in [9.17, 15) is 18.0 Å². The molecular weight excluding hydrogens is 317 g/mol. The number of carbonyl (C=O) groups excluding carboxylic acids is 1. The molecule has 0 aliphatic carbocycles. The Morgan fingerprint density at radius 2 is 1.62 bits per heavy atom. The van der Waals surface area contributed by atoms with E-state index in [2.05, 4.69) is 5.32 Å². The molecule has 0 fully saturated rings. The Morgan fingerprint density at radius 3 is 2.12 bits per heavy atom. The average Bonchev–Trinajstić information content (AvgIpc) is 2.55. The lowest BCUT2D eigenvalue weighted by Gasteiger charge is -2.25. The highest BCUT2D eigenvalue weighted by atomic mass is 19.4. The summed E-state index contributed by atoms with van der Waals surface area (Å²) in [6, 6.07) is 13.9. The van der Waals surface area contributed by atoms with Crippen LogP contribution in [0.1, 0.15) is 27.5 Å². The molecule has 24 heavy (non-hydrogen) atoms. The molecule has 6 heteroatoms. The molecule has 3 nitrogen and oxygen atoms in total. The van der Waals surface area contributed by atoms with E-state index in [-0.39, 0.29) is 11.6 Å². The molecule has 0 aliphatic rings. The summed E-state index contributed by atoms with van der Waals surface area (Å²) in [5.74, 6) is -0.397. The highest BCUT2D eigenvalue weighted by molar-refractivity contribution is 5.94. The summed E-state index contributed by atoms with van der Waals surface area (Å²) in [5.41, 5.74) is 0.485. The second kappa shape index (κ2) is 7.49. The summed E-state index contributed by atoms with van der Waals surface area (Å²) in [4.78, 5) is 14.1. The predicted octanol–water partition coefficient (Wildman–Crippen LogP) is 3.74. The molecule has 0 aromatic heterocycles. The maximum absolute atomic E-state index is 12.5. The van der Waals surface area contributed by atoms with Gasteiger partial charge < -0.3 is 10.2 Å². The van der Waals surface area contributed by atoms with E-state index in [0.717, 1.165) is 17.7 Å². The molecule has 0 saturated heterocycles. The molecule has 128 valence electrons. The topological polar surface area (TPSA) is 32.3 Å². The number of nitrogens with one attached hydrogen (secondary N) is 1. The third-order valence-corrected chi connectivity index (χ3v) is 3.74. The van der Waals surface area contributed by atoms with E-state index in [1.54, 1.807) is 0 Å². The van der Waals surface area contributed by atoms with Gasteiger partial charge in [-0.25, -0.2) is 0 Å². The number of hydrogen-bond acceptors (Lipinski definition) is 2. The second-order valence-electron chi connectivity index (χ2n) is 5.68. The summed E-state index contributed by atoms with van der Waals surface area (Å²) in [6.07, 6.45) is -4.40. The van der Waals surface area contributed by atoms with Crippen LogP contribution in [0, 0.1) is 0 Å². The molecule has 0 unspecified atom stereocenters. The summed E-state index contributed by atoms with van der Waals surface area (Å²) in [5, 5.41) is 2.78. The van der Waals surface area contributed by atoms with Crippen LogP contribution in [-0.2, 0) is 6.18 Å². The van der Waals surface area contributed by atoms with Gasteiger partial charge in [-0.3, -0.25) is 4.79 Å². The van der Waals surface area contributed by atoms with Crippen LogP contribution in [0.15, 0.2) is 54.6 Å². The van der Waals surface area contributed by atoms with Gasteiger partial charge in [0.2, 0.25) is 0 Å². The van der Waals surface area contributed by atoms with Gasteiger partial charge in [0.25, 0.3) is 5.91 Å². The molecule has 1 N–H and O–H groups in total. The van der Waals surface area contributed by atoms with Crippen LogP contribution in [0.2, 0.25) is 0 Å². The highest BCUT2D eigenvalue weighted by Gasteiger charge is 2.30. The molecule has 2 rings (SSSR count). The Hall–Kier alpha value is -2.34. The Labute approximate surface area is 139 Å². The van der Waals surface area contributed by atoms with Gasteiger partial charge in [0, 0.05) is 12.1 Å². The van der Waals surface area contributed by atoms with Gasteiger partial charge in [0.1, 0.15) is 0 Å². The van der Waals surface area contributed by atoms with E-state index in [0.29, 0.717) is 6.54 Å². The second-order valence-corrected chi connectivity index (χ2v) is 5.68. The van der Waals surface area contributed by atoms with Crippen molar-refractivity contribution in [2.75, 3.05) is 20.6 Å². The fourth-order valence-electron chi connectivity index (χ4n) is 2.38. The van der Waals surface area contributed by atoms with Crippen LogP contribution in [0.3, 0.4) is 0 Å². The molecule has 1 amide bonds. The van der Waals surface area contributed by atoms with Crippen molar-refractivity contribution in [3.63, 3.8) is 0 Å². The standard InChI is InChI=1S/C18H19F3N2O/c1-23(2)16(13-6-4-3-5-7-13)12-22-17(24)14-8-10-15(11-9-14)18(19,20)21/h3-11,16H,12H2,1-2H3,(H,22,24)/t16-/m1/s1. The van der Waals surface area contributed by atoms with E-state index in [1.807, 2.05) is 49.3 Å². The minimum atomic E-state index is -4.40. The predicted molar refractivity (Wildman–Crippen MR) is 86.6 cm³/mol.